The third-order valence-electron chi connectivity index (χ3n) is 4.30. The van der Waals surface area contributed by atoms with E-state index in [2.05, 4.69) is 5.32 Å². The normalized spacial score (nSPS) is 11.6. The van der Waals surface area contributed by atoms with Crippen LogP contribution in [0, 0.1) is 0 Å². The van der Waals surface area contributed by atoms with Gasteiger partial charge in [0.15, 0.2) is 0 Å². The van der Waals surface area contributed by atoms with Gasteiger partial charge in [-0.3, -0.25) is 9.59 Å². The number of benzene rings is 2. The first-order valence-electron chi connectivity index (χ1n) is 8.89. The van der Waals surface area contributed by atoms with Gasteiger partial charge in [-0.2, -0.15) is 0 Å². The summed E-state index contributed by atoms with van der Waals surface area (Å²) in [5, 5.41) is 3.41. The highest BCUT2D eigenvalue weighted by Gasteiger charge is 2.25. The molecule has 0 aliphatic carbocycles. The Hall–Kier alpha value is -2.53. The predicted molar refractivity (Wildman–Crippen MR) is 107 cm³/mol. The summed E-state index contributed by atoms with van der Waals surface area (Å²) >= 11 is 5.91. The van der Waals surface area contributed by atoms with Crippen molar-refractivity contribution < 1.29 is 14.3 Å². The number of likely N-dealkylation sites (N-methyl/N-ethyl adjacent to an activating group) is 1. The molecule has 6 heteroatoms. The van der Waals surface area contributed by atoms with Gasteiger partial charge >= 0.3 is 0 Å². The molecule has 0 heterocycles. The molecule has 0 unspecified atom stereocenters. The number of carbonyl (C=O) groups is 2. The highest BCUT2D eigenvalue weighted by atomic mass is 35.5. The molecule has 27 heavy (non-hydrogen) atoms. The van der Waals surface area contributed by atoms with Gasteiger partial charge in [0.05, 0.1) is 13.5 Å². The van der Waals surface area contributed by atoms with Gasteiger partial charge in [-0.1, -0.05) is 35.9 Å². The summed E-state index contributed by atoms with van der Waals surface area (Å²) in [6.45, 7) is 4.46. The monoisotopic (exact) mass is 388 g/mol. The van der Waals surface area contributed by atoms with Crippen molar-refractivity contribution in [2.45, 2.75) is 32.9 Å². The Morgan fingerprint density at radius 3 is 2.22 bits per heavy atom. The molecular weight excluding hydrogens is 364 g/mol. The van der Waals surface area contributed by atoms with E-state index in [0.29, 0.717) is 18.1 Å². The second-order valence-electron chi connectivity index (χ2n) is 6.24. The minimum Gasteiger partial charge on any atom is -0.497 e. The highest BCUT2D eigenvalue weighted by molar-refractivity contribution is 6.30. The van der Waals surface area contributed by atoms with E-state index >= 15 is 0 Å². The maximum absolute atomic E-state index is 13.0. The number of amides is 2. The third kappa shape index (κ3) is 6.00. The molecule has 2 rings (SSSR count). The Bertz CT molecular complexity index is 760. The van der Waals surface area contributed by atoms with Crippen LogP contribution in [0.25, 0.3) is 0 Å². The van der Waals surface area contributed by atoms with Crippen molar-refractivity contribution in [1.29, 1.82) is 0 Å². The fourth-order valence-electron chi connectivity index (χ4n) is 2.71. The van der Waals surface area contributed by atoms with Crippen molar-refractivity contribution in [3.05, 3.63) is 64.7 Å². The van der Waals surface area contributed by atoms with Crippen molar-refractivity contribution in [2.75, 3.05) is 13.7 Å². The lowest BCUT2D eigenvalue weighted by Gasteiger charge is -2.29. The van der Waals surface area contributed by atoms with E-state index < -0.39 is 6.04 Å². The summed E-state index contributed by atoms with van der Waals surface area (Å²) in [4.78, 5) is 26.9. The lowest BCUT2D eigenvalue weighted by Crippen LogP contribution is -2.48. The van der Waals surface area contributed by atoms with E-state index in [4.69, 9.17) is 16.3 Å². The summed E-state index contributed by atoms with van der Waals surface area (Å²) in [6, 6.07) is 14.0. The van der Waals surface area contributed by atoms with Crippen LogP contribution in [-0.2, 0) is 22.6 Å². The van der Waals surface area contributed by atoms with Gasteiger partial charge in [-0.25, -0.2) is 0 Å². The van der Waals surface area contributed by atoms with Crippen molar-refractivity contribution in [2.24, 2.45) is 0 Å². The zero-order chi connectivity index (χ0) is 19.8. The van der Waals surface area contributed by atoms with E-state index in [1.165, 1.54) is 0 Å². The van der Waals surface area contributed by atoms with Gasteiger partial charge < -0.3 is 15.0 Å². The van der Waals surface area contributed by atoms with Crippen LogP contribution < -0.4 is 10.1 Å². The summed E-state index contributed by atoms with van der Waals surface area (Å²) < 4.78 is 5.17. The first-order valence-corrected chi connectivity index (χ1v) is 9.27. The highest BCUT2D eigenvalue weighted by Crippen LogP contribution is 2.17. The van der Waals surface area contributed by atoms with E-state index in [1.54, 1.807) is 31.1 Å². The molecule has 0 saturated heterocycles. The standard InChI is InChI=1S/C21H25ClN2O3/c1-4-23-21(26)15(2)24(14-17-7-11-19(27-3)12-8-17)20(25)13-16-5-9-18(22)10-6-16/h5-12,15H,4,13-14H2,1-3H3,(H,23,26)/t15-/m0/s1. The number of carbonyl (C=O) groups excluding carboxylic acids is 2. The van der Waals surface area contributed by atoms with Crippen LogP contribution >= 0.6 is 11.6 Å². The molecule has 0 fully saturated rings. The minimum absolute atomic E-state index is 0.119. The quantitative estimate of drug-likeness (QED) is 0.753. The summed E-state index contributed by atoms with van der Waals surface area (Å²) in [5.41, 5.74) is 1.78. The molecule has 144 valence electrons. The van der Waals surface area contributed by atoms with Crippen molar-refractivity contribution in [1.82, 2.24) is 10.2 Å². The average molecular weight is 389 g/mol. The van der Waals surface area contributed by atoms with Gasteiger partial charge in [0, 0.05) is 18.1 Å². The number of rotatable bonds is 8. The average Bonchev–Trinajstić information content (AvgIpc) is 2.68. The molecule has 2 aromatic rings. The number of hydrogen-bond acceptors (Lipinski definition) is 3. The second-order valence-corrected chi connectivity index (χ2v) is 6.68. The summed E-state index contributed by atoms with van der Waals surface area (Å²) in [5.74, 6) is 0.455. The molecule has 0 saturated carbocycles. The molecule has 2 amide bonds. The van der Waals surface area contributed by atoms with Gasteiger partial charge in [-0.15, -0.1) is 0 Å². The Balaban J connectivity index is 2.20. The van der Waals surface area contributed by atoms with Crippen LogP contribution in [0.1, 0.15) is 25.0 Å². The van der Waals surface area contributed by atoms with Gasteiger partial charge in [0.1, 0.15) is 11.8 Å². The minimum atomic E-state index is -0.577. The topological polar surface area (TPSA) is 58.6 Å². The largest absolute Gasteiger partial charge is 0.497 e. The van der Waals surface area contributed by atoms with Crippen LogP contribution in [0.15, 0.2) is 48.5 Å². The number of methoxy groups -OCH3 is 1. The lowest BCUT2D eigenvalue weighted by molar-refractivity contribution is -0.140. The smallest absolute Gasteiger partial charge is 0.242 e. The first kappa shape index (κ1) is 20.8. The zero-order valence-electron chi connectivity index (χ0n) is 15.9. The van der Waals surface area contributed by atoms with Crippen LogP contribution in [0.5, 0.6) is 5.75 Å². The predicted octanol–water partition coefficient (Wildman–Crippen LogP) is 3.44. The van der Waals surface area contributed by atoms with Crippen molar-refractivity contribution in [3.63, 3.8) is 0 Å². The molecule has 0 spiro atoms. The molecule has 0 aliphatic rings. The van der Waals surface area contributed by atoms with E-state index in [1.807, 2.05) is 43.3 Å². The molecule has 0 bridgehead atoms. The number of halogens is 1. The van der Waals surface area contributed by atoms with Crippen LogP contribution in [0.3, 0.4) is 0 Å². The molecule has 0 aliphatic heterocycles. The fourth-order valence-corrected chi connectivity index (χ4v) is 2.84. The van der Waals surface area contributed by atoms with Gasteiger partial charge in [0.2, 0.25) is 11.8 Å². The molecule has 1 atom stereocenters. The van der Waals surface area contributed by atoms with Crippen molar-refractivity contribution >= 4 is 23.4 Å². The lowest BCUT2D eigenvalue weighted by atomic mass is 10.1. The number of hydrogen-bond donors (Lipinski definition) is 1. The molecule has 1 N–H and O–H groups in total. The Labute approximate surface area is 165 Å². The Morgan fingerprint density at radius 1 is 1.07 bits per heavy atom. The van der Waals surface area contributed by atoms with Crippen LogP contribution in [0.4, 0.5) is 0 Å². The number of nitrogens with zero attached hydrogens (tertiary/aromatic N) is 1. The molecule has 0 radical (unpaired) electrons. The van der Waals surface area contributed by atoms with Crippen LogP contribution in [0.2, 0.25) is 5.02 Å². The van der Waals surface area contributed by atoms with Crippen LogP contribution in [-0.4, -0.2) is 36.4 Å². The Morgan fingerprint density at radius 2 is 1.67 bits per heavy atom. The maximum atomic E-state index is 13.0. The summed E-state index contributed by atoms with van der Waals surface area (Å²) in [7, 11) is 1.61. The van der Waals surface area contributed by atoms with E-state index in [-0.39, 0.29) is 18.2 Å². The Kier molecular flexibility index (Phi) is 7.67. The van der Waals surface area contributed by atoms with Gasteiger partial charge in [0.25, 0.3) is 0 Å². The van der Waals surface area contributed by atoms with E-state index in [9.17, 15) is 9.59 Å². The SMILES string of the molecule is CCNC(=O)[C@H](C)N(Cc1ccc(OC)cc1)C(=O)Cc1ccc(Cl)cc1. The number of nitrogens with one attached hydrogen (secondary N) is 1. The van der Waals surface area contributed by atoms with Gasteiger partial charge in [-0.05, 0) is 49.2 Å². The molecule has 5 nitrogen and oxygen atoms in total. The van der Waals surface area contributed by atoms with E-state index in [0.717, 1.165) is 16.9 Å². The number of ether oxygens (including phenoxy) is 1. The molecule has 0 aromatic heterocycles. The second kappa shape index (κ2) is 9.97. The third-order valence-corrected chi connectivity index (χ3v) is 4.55. The summed E-state index contributed by atoms with van der Waals surface area (Å²) in [6.07, 6.45) is 0.205. The molecular formula is C21H25ClN2O3. The first-order chi connectivity index (χ1) is 12.9. The van der Waals surface area contributed by atoms with Crippen molar-refractivity contribution in [3.8, 4) is 5.75 Å². The zero-order valence-corrected chi connectivity index (χ0v) is 16.6. The molecule has 2 aromatic carbocycles. The maximum Gasteiger partial charge on any atom is 0.242 e. The fraction of sp³-hybridized carbons (Fsp3) is 0.333.